The highest BCUT2D eigenvalue weighted by Crippen LogP contribution is 2.67. The van der Waals surface area contributed by atoms with Crippen molar-refractivity contribution < 1.29 is 14.6 Å². The van der Waals surface area contributed by atoms with Crippen LogP contribution in [-0.2, 0) is 9.53 Å². The minimum Gasteiger partial charge on any atom is -0.462 e. The van der Waals surface area contributed by atoms with Crippen LogP contribution in [0.3, 0.4) is 0 Å². The van der Waals surface area contributed by atoms with E-state index in [0.717, 1.165) is 49.9 Å². The number of carbonyl (C=O) groups excluding carboxylic acids is 1. The molecule has 3 saturated carbocycles. The Labute approximate surface area is 196 Å². The topological polar surface area (TPSA) is 46.5 Å². The van der Waals surface area contributed by atoms with Crippen molar-refractivity contribution in [3.8, 4) is 0 Å². The zero-order valence-corrected chi connectivity index (χ0v) is 21.5. The van der Waals surface area contributed by atoms with Crippen LogP contribution in [0.2, 0.25) is 0 Å². The molecule has 1 N–H and O–H groups in total. The molecule has 0 spiro atoms. The first-order valence-electron chi connectivity index (χ1n) is 13.6. The SMILES string of the molecule is CC(=O)O[C@H]1CC[C@@]2(C)C(=CC[C@@H]3[C@H]4CC[C@H]([C@H](C)[C@H](O)CCC(C)C)[C@@]4(C)CC[C@H]32)C1. The Morgan fingerprint density at radius 3 is 2.53 bits per heavy atom. The van der Waals surface area contributed by atoms with E-state index in [1.54, 1.807) is 12.5 Å². The molecule has 0 saturated heterocycles. The maximum atomic E-state index is 11.5. The zero-order valence-electron chi connectivity index (χ0n) is 21.5. The number of carbonyl (C=O) groups is 1. The van der Waals surface area contributed by atoms with Crippen LogP contribution in [0.25, 0.3) is 0 Å². The molecular formula is C29H48O3. The molecule has 0 aliphatic heterocycles. The molecule has 0 bridgehead atoms. The van der Waals surface area contributed by atoms with Crippen LogP contribution in [0, 0.1) is 46.3 Å². The molecule has 3 nitrogen and oxygen atoms in total. The summed E-state index contributed by atoms with van der Waals surface area (Å²) in [5.41, 5.74) is 2.25. The first kappa shape index (κ1) is 24.3. The molecule has 0 aromatic carbocycles. The van der Waals surface area contributed by atoms with Gasteiger partial charge >= 0.3 is 5.97 Å². The summed E-state index contributed by atoms with van der Waals surface area (Å²) in [5, 5.41) is 11.0. The zero-order chi connectivity index (χ0) is 23.3. The highest BCUT2D eigenvalue weighted by Gasteiger charge is 2.59. The van der Waals surface area contributed by atoms with E-state index in [-0.39, 0.29) is 18.2 Å². The molecule has 4 rings (SSSR count). The van der Waals surface area contributed by atoms with E-state index in [1.165, 1.54) is 32.1 Å². The van der Waals surface area contributed by atoms with Gasteiger partial charge in [-0.3, -0.25) is 4.79 Å². The van der Waals surface area contributed by atoms with Gasteiger partial charge in [0.15, 0.2) is 0 Å². The Morgan fingerprint density at radius 1 is 1.09 bits per heavy atom. The van der Waals surface area contributed by atoms with E-state index in [2.05, 4.69) is 40.7 Å². The lowest BCUT2D eigenvalue weighted by atomic mass is 9.47. The van der Waals surface area contributed by atoms with Crippen LogP contribution in [0.5, 0.6) is 0 Å². The van der Waals surface area contributed by atoms with Gasteiger partial charge in [0, 0.05) is 13.3 Å². The normalized spacial score (nSPS) is 43.0. The van der Waals surface area contributed by atoms with Gasteiger partial charge in [-0.25, -0.2) is 0 Å². The fourth-order valence-corrected chi connectivity index (χ4v) is 8.90. The third-order valence-electron chi connectivity index (χ3n) is 10.7. The highest BCUT2D eigenvalue weighted by atomic mass is 16.5. The lowest BCUT2D eigenvalue weighted by molar-refractivity contribution is -0.148. The van der Waals surface area contributed by atoms with Crippen LogP contribution < -0.4 is 0 Å². The molecule has 182 valence electrons. The van der Waals surface area contributed by atoms with E-state index in [1.807, 2.05) is 0 Å². The number of aliphatic hydroxyl groups excluding tert-OH is 1. The molecule has 9 atom stereocenters. The summed E-state index contributed by atoms with van der Waals surface area (Å²) in [6.45, 7) is 13.5. The first-order valence-corrected chi connectivity index (χ1v) is 13.6. The van der Waals surface area contributed by atoms with Crippen LogP contribution in [-0.4, -0.2) is 23.3 Å². The maximum Gasteiger partial charge on any atom is 0.302 e. The predicted octanol–water partition coefficient (Wildman–Crippen LogP) is 6.93. The summed E-state index contributed by atoms with van der Waals surface area (Å²) >= 11 is 0. The van der Waals surface area contributed by atoms with Gasteiger partial charge in [0.1, 0.15) is 6.10 Å². The van der Waals surface area contributed by atoms with Crippen molar-refractivity contribution >= 4 is 5.97 Å². The number of hydrogen-bond acceptors (Lipinski definition) is 3. The lowest BCUT2D eigenvalue weighted by Gasteiger charge is -2.58. The molecule has 0 amide bonds. The molecule has 4 aliphatic rings. The van der Waals surface area contributed by atoms with Crippen molar-refractivity contribution in [1.82, 2.24) is 0 Å². The maximum absolute atomic E-state index is 11.5. The Kier molecular flexibility index (Phi) is 6.90. The molecule has 0 heterocycles. The molecule has 0 unspecified atom stereocenters. The second-order valence-corrected chi connectivity index (χ2v) is 12.9. The van der Waals surface area contributed by atoms with E-state index in [0.29, 0.717) is 28.6 Å². The smallest absolute Gasteiger partial charge is 0.302 e. The van der Waals surface area contributed by atoms with Crippen LogP contribution in [0.1, 0.15) is 106 Å². The van der Waals surface area contributed by atoms with Gasteiger partial charge < -0.3 is 9.84 Å². The Balaban J connectivity index is 1.49. The molecule has 0 aromatic heterocycles. The van der Waals surface area contributed by atoms with E-state index in [9.17, 15) is 9.90 Å². The van der Waals surface area contributed by atoms with Crippen molar-refractivity contribution in [1.29, 1.82) is 0 Å². The number of hydrogen-bond donors (Lipinski definition) is 1. The molecular weight excluding hydrogens is 396 g/mol. The summed E-state index contributed by atoms with van der Waals surface area (Å²) in [6, 6.07) is 0. The van der Waals surface area contributed by atoms with Gasteiger partial charge in [0.05, 0.1) is 6.10 Å². The second-order valence-electron chi connectivity index (χ2n) is 12.9. The van der Waals surface area contributed by atoms with Gasteiger partial charge in [0.25, 0.3) is 0 Å². The van der Waals surface area contributed by atoms with Crippen LogP contribution in [0.15, 0.2) is 11.6 Å². The summed E-state index contributed by atoms with van der Waals surface area (Å²) in [5.74, 6) is 3.96. The summed E-state index contributed by atoms with van der Waals surface area (Å²) in [7, 11) is 0. The minimum absolute atomic E-state index is 0.0845. The van der Waals surface area contributed by atoms with Crippen molar-refractivity contribution in [3.05, 3.63) is 11.6 Å². The molecule has 4 aliphatic carbocycles. The third kappa shape index (κ3) is 4.21. The van der Waals surface area contributed by atoms with E-state index in [4.69, 9.17) is 4.74 Å². The largest absolute Gasteiger partial charge is 0.462 e. The van der Waals surface area contributed by atoms with Crippen molar-refractivity contribution in [3.63, 3.8) is 0 Å². The Hall–Kier alpha value is -0.830. The Morgan fingerprint density at radius 2 is 1.84 bits per heavy atom. The van der Waals surface area contributed by atoms with Crippen LogP contribution in [0.4, 0.5) is 0 Å². The lowest BCUT2D eigenvalue weighted by Crippen LogP contribution is -2.51. The number of rotatable bonds is 6. The summed E-state index contributed by atoms with van der Waals surface area (Å²) < 4.78 is 5.60. The molecule has 0 aromatic rings. The average molecular weight is 445 g/mol. The molecule has 3 fully saturated rings. The van der Waals surface area contributed by atoms with Gasteiger partial charge in [-0.05, 0) is 104 Å². The highest BCUT2D eigenvalue weighted by molar-refractivity contribution is 5.66. The summed E-state index contributed by atoms with van der Waals surface area (Å²) in [6.07, 6.45) is 14.2. The Bertz CT molecular complexity index is 726. The number of esters is 1. The number of allylic oxidation sites excluding steroid dienone is 1. The minimum atomic E-state index is -0.150. The quantitative estimate of drug-likeness (QED) is 0.357. The fourth-order valence-electron chi connectivity index (χ4n) is 8.90. The monoisotopic (exact) mass is 444 g/mol. The van der Waals surface area contributed by atoms with Crippen molar-refractivity contribution in [2.45, 2.75) is 118 Å². The van der Waals surface area contributed by atoms with E-state index < -0.39 is 0 Å². The third-order valence-corrected chi connectivity index (χ3v) is 10.7. The van der Waals surface area contributed by atoms with Gasteiger partial charge in [-0.1, -0.05) is 46.3 Å². The van der Waals surface area contributed by atoms with Crippen molar-refractivity contribution in [2.75, 3.05) is 0 Å². The molecule has 0 radical (unpaired) electrons. The number of fused-ring (bicyclic) bond motifs is 5. The van der Waals surface area contributed by atoms with Gasteiger partial charge in [0.2, 0.25) is 0 Å². The van der Waals surface area contributed by atoms with Crippen LogP contribution >= 0.6 is 0 Å². The average Bonchev–Trinajstić information content (AvgIpc) is 3.08. The summed E-state index contributed by atoms with van der Waals surface area (Å²) in [4.78, 5) is 11.5. The number of ether oxygens (including phenoxy) is 1. The first-order chi connectivity index (χ1) is 15.1. The predicted molar refractivity (Wildman–Crippen MR) is 130 cm³/mol. The fraction of sp³-hybridized carbons (Fsp3) is 0.897. The molecule has 32 heavy (non-hydrogen) atoms. The molecule has 3 heteroatoms. The van der Waals surface area contributed by atoms with E-state index >= 15 is 0 Å². The van der Waals surface area contributed by atoms with Crippen molar-refractivity contribution in [2.24, 2.45) is 46.3 Å². The van der Waals surface area contributed by atoms with Gasteiger partial charge in [-0.2, -0.15) is 0 Å². The van der Waals surface area contributed by atoms with Gasteiger partial charge in [-0.15, -0.1) is 0 Å². The second kappa shape index (κ2) is 9.08. The number of aliphatic hydroxyl groups is 1. The standard InChI is InChI=1S/C29H48O3/c1-18(2)7-12-27(31)19(3)24-10-11-25-23-9-8-21-17-22(32-20(4)30)13-15-28(21,5)26(23)14-16-29(24,25)6/h8,18-19,22-27,31H,7,9-17H2,1-6H3/t19-,22-,23+,24+,25+,26+,27+,28-,29+/m0/s1.